The molecule has 0 bridgehead atoms. The van der Waals surface area contributed by atoms with Crippen molar-refractivity contribution in [1.29, 1.82) is 0 Å². The summed E-state index contributed by atoms with van der Waals surface area (Å²) < 4.78 is 15.8. The number of carbonyl (C=O) groups is 1. The number of hydrogen-bond acceptors (Lipinski definition) is 7. The standard InChI is InChI=1S/C15H16ClN3O4/c1-19(2)15-17-13(23-18-15)8-22-14(20)10-5-9-6-11(16)3-4-12(9)21-7-10/h3-4,6,10H,5,7-8H2,1-2H3. The van der Waals surface area contributed by atoms with Gasteiger partial charge >= 0.3 is 5.97 Å². The van der Waals surface area contributed by atoms with E-state index in [2.05, 4.69) is 10.1 Å². The molecule has 122 valence electrons. The molecule has 2 aromatic rings. The van der Waals surface area contributed by atoms with Gasteiger partial charge in [-0.15, -0.1) is 0 Å². The summed E-state index contributed by atoms with van der Waals surface area (Å²) in [5.74, 6) is 0.700. The van der Waals surface area contributed by atoms with Crippen molar-refractivity contribution in [2.75, 3.05) is 25.6 Å². The largest absolute Gasteiger partial charge is 0.492 e. The van der Waals surface area contributed by atoms with Crippen LogP contribution in [0.2, 0.25) is 5.02 Å². The smallest absolute Gasteiger partial charge is 0.313 e. The van der Waals surface area contributed by atoms with Crippen molar-refractivity contribution in [3.63, 3.8) is 0 Å². The Morgan fingerprint density at radius 2 is 2.30 bits per heavy atom. The first kappa shape index (κ1) is 15.6. The van der Waals surface area contributed by atoms with Gasteiger partial charge in [-0.2, -0.15) is 4.98 Å². The number of anilines is 1. The summed E-state index contributed by atoms with van der Waals surface area (Å²) >= 11 is 5.97. The molecule has 0 saturated heterocycles. The molecule has 1 aromatic carbocycles. The number of nitrogens with zero attached hydrogens (tertiary/aromatic N) is 3. The summed E-state index contributed by atoms with van der Waals surface area (Å²) in [6.45, 7) is 0.221. The first-order valence-electron chi connectivity index (χ1n) is 7.10. The number of carbonyl (C=O) groups excluding carboxylic acids is 1. The van der Waals surface area contributed by atoms with Gasteiger partial charge < -0.3 is 18.9 Å². The van der Waals surface area contributed by atoms with Crippen molar-refractivity contribution in [3.05, 3.63) is 34.7 Å². The number of ether oxygens (including phenoxy) is 2. The van der Waals surface area contributed by atoms with E-state index >= 15 is 0 Å². The van der Waals surface area contributed by atoms with Crippen LogP contribution in [-0.4, -0.2) is 36.8 Å². The predicted molar refractivity (Wildman–Crippen MR) is 82.6 cm³/mol. The second kappa shape index (κ2) is 6.45. The highest BCUT2D eigenvalue weighted by atomic mass is 35.5. The second-order valence-electron chi connectivity index (χ2n) is 5.45. The lowest BCUT2D eigenvalue weighted by molar-refractivity contribution is -0.152. The SMILES string of the molecule is CN(C)c1noc(COC(=O)C2COc3ccc(Cl)cc3C2)n1. The lowest BCUT2D eigenvalue weighted by Crippen LogP contribution is -2.29. The average molecular weight is 338 g/mol. The van der Waals surface area contributed by atoms with Gasteiger partial charge in [0.1, 0.15) is 12.4 Å². The molecule has 2 heterocycles. The summed E-state index contributed by atoms with van der Waals surface area (Å²) in [6, 6.07) is 5.37. The van der Waals surface area contributed by atoms with Gasteiger partial charge in [0.05, 0.1) is 5.92 Å². The minimum absolute atomic E-state index is 0.0570. The molecule has 1 aromatic heterocycles. The van der Waals surface area contributed by atoms with Crippen molar-refractivity contribution < 1.29 is 18.8 Å². The first-order valence-corrected chi connectivity index (χ1v) is 7.48. The molecule has 3 rings (SSSR count). The molecule has 23 heavy (non-hydrogen) atoms. The topological polar surface area (TPSA) is 77.7 Å². The molecule has 0 amide bonds. The van der Waals surface area contributed by atoms with Crippen LogP contribution in [-0.2, 0) is 22.6 Å². The Hall–Kier alpha value is -2.28. The zero-order valence-electron chi connectivity index (χ0n) is 12.8. The van der Waals surface area contributed by atoms with Gasteiger partial charge in [-0.3, -0.25) is 4.79 Å². The fraction of sp³-hybridized carbons (Fsp3) is 0.400. The third-order valence-electron chi connectivity index (χ3n) is 3.46. The van der Waals surface area contributed by atoms with Crippen LogP contribution in [0.15, 0.2) is 22.7 Å². The van der Waals surface area contributed by atoms with Gasteiger partial charge in [0.15, 0.2) is 6.61 Å². The third kappa shape index (κ3) is 3.56. The van der Waals surface area contributed by atoms with E-state index in [9.17, 15) is 4.79 Å². The molecule has 0 spiro atoms. The number of benzene rings is 1. The molecule has 0 aliphatic carbocycles. The van der Waals surface area contributed by atoms with E-state index in [1.165, 1.54) is 0 Å². The summed E-state index contributed by atoms with van der Waals surface area (Å²) in [6.07, 6.45) is 0.529. The minimum atomic E-state index is -0.378. The van der Waals surface area contributed by atoms with Gasteiger partial charge in [-0.1, -0.05) is 11.6 Å². The lowest BCUT2D eigenvalue weighted by atomic mass is 9.97. The van der Waals surface area contributed by atoms with E-state index in [1.54, 1.807) is 37.2 Å². The summed E-state index contributed by atoms with van der Waals surface area (Å²) in [7, 11) is 3.59. The Kier molecular flexibility index (Phi) is 4.38. The van der Waals surface area contributed by atoms with Crippen molar-refractivity contribution in [2.24, 2.45) is 5.92 Å². The Morgan fingerprint density at radius 3 is 3.04 bits per heavy atom. The van der Waals surface area contributed by atoms with Crippen LogP contribution in [0, 0.1) is 5.92 Å². The molecule has 8 heteroatoms. The number of hydrogen-bond donors (Lipinski definition) is 0. The molecule has 0 saturated carbocycles. The summed E-state index contributed by atoms with van der Waals surface area (Å²) in [5.41, 5.74) is 0.901. The first-order chi connectivity index (χ1) is 11.0. The summed E-state index contributed by atoms with van der Waals surface area (Å²) in [4.78, 5) is 18.0. The predicted octanol–water partition coefficient (Wildman–Crippen LogP) is 2.08. The van der Waals surface area contributed by atoms with Gasteiger partial charge in [-0.05, 0) is 35.3 Å². The zero-order valence-corrected chi connectivity index (χ0v) is 13.5. The summed E-state index contributed by atoms with van der Waals surface area (Å²) in [5, 5.41) is 4.37. The molecule has 7 nitrogen and oxygen atoms in total. The number of esters is 1. The quantitative estimate of drug-likeness (QED) is 0.790. The maximum Gasteiger partial charge on any atom is 0.313 e. The minimum Gasteiger partial charge on any atom is -0.492 e. The number of halogens is 1. The van der Waals surface area contributed by atoms with Gasteiger partial charge in [-0.25, -0.2) is 0 Å². The Labute approximate surface area is 138 Å². The normalized spacial score (nSPS) is 16.4. The van der Waals surface area contributed by atoms with Crippen molar-refractivity contribution >= 4 is 23.5 Å². The zero-order chi connectivity index (χ0) is 16.4. The monoisotopic (exact) mass is 337 g/mol. The highest BCUT2D eigenvalue weighted by Crippen LogP contribution is 2.30. The Balaban J connectivity index is 1.58. The number of fused-ring (bicyclic) bond motifs is 1. The van der Waals surface area contributed by atoms with E-state index in [0.29, 0.717) is 17.4 Å². The molecule has 1 aliphatic rings. The maximum absolute atomic E-state index is 12.2. The third-order valence-corrected chi connectivity index (χ3v) is 3.69. The molecule has 1 unspecified atom stereocenters. The van der Waals surface area contributed by atoms with Crippen LogP contribution in [0.5, 0.6) is 5.75 Å². The number of aromatic nitrogens is 2. The lowest BCUT2D eigenvalue weighted by Gasteiger charge is -2.23. The van der Waals surface area contributed by atoms with E-state index < -0.39 is 0 Å². The van der Waals surface area contributed by atoms with E-state index in [-0.39, 0.29) is 31.0 Å². The van der Waals surface area contributed by atoms with Gasteiger partial charge in [0.25, 0.3) is 11.8 Å². The molecule has 0 radical (unpaired) electrons. The number of rotatable bonds is 4. The van der Waals surface area contributed by atoms with E-state index in [0.717, 1.165) is 11.3 Å². The molecule has 0 fully saturated rings. The molecule has 0 N–H and O–H groups in total. The van der Waals surface area contributed by atoms with Crippen molar-refractivity contribution in [2.45, 2.75) is 13.0 Å². The van der Waals surface area contributed by atoms with E-state index in [4.69, 9.17) is 25.6 Å². The molecular formula is C15H16ClN3O4. The average Bonchev–Trinajstić information content (AvgIpc) is 3.01. The highest BCUT2D eigenvalue weighted by Gasteiger charge is 2.28. The maximum atomic E-state index is 12.2. The van der Waals surface area contributed by atoms with Gasteiger partial charge in [0, 0.05) is 19.1 Å². The van der Waals surface area contributed by atoms with Crippen LogP contribution < -0.4 is 9.64 Å². The Bertz CT molecular complexity index is 716. The van der Waals surface area contributed by atoms with Crippen LogP contribution in [0.4, 0.5) is 5.95 Å². The van der Waals surface area contributed by atoms with Crippen LogP contribution in [0.3, 0.4) is 0 Å². The van der Waals surface area contributed by atoms with Crippen LogP contribution in [0.1, 0.15) is 11.5 Å². The highest BCUT2D eigenvalue weighted by molar-refractivity contribution is 6.30. The van der Waals surface area contributed by atoms with Crippen molar-refractivity contribution in [3.8, 4) is 5.75 Å². The van der Waals surface area contributed by atoms with E-state index in [1.807, 2.05) is 0 Å². The Morgan fingerprint density at radius 1 is 1.48 bits per heavy atom. The molecule has 1 atom stereocenters. The fourth-order valence-corrected chi connectivity index (χ4v) is 2.45. The van der Waals surface area contributed by atoms with Crippen LogP contribution in [0.25, 0.3) is 0 Å². The molecule has 1 aliphatic heterocycles. The van der Waals surface area contributed by atoms with Crippen LogP contribution >= 0.6 is 11.6 Å². The van der Waals surface area contributed by atoms with Crippen molar-refractivity contribution in [1.82, 2.24) is 10.1 Å². The fourth-order valence-electron chi connectivity index (χ4n) is 2.25. The van der Waals surface area contributed by atoms with Gasteiger partial charge in [0.2, 0.25) is 0 Å². The second-order valence-corrected chi connectivity index (χ2v) is 5.89. The molecular weight excluding hydrogens is 322 g/mol.